The van der Waals surface area contributed by atoms with Crippen LogP contribution in [0.3, 0.4) is 0 Å². The lowest BCUT2D eigenvalue weighted by Gasteiger charge is -2.13. The zero-order valence-corrected chi connectivity index (χ0v) is 10.4. The van der Waals surface area contributed by atoms with Gasteiger partial charge >= 0.3 is 5.69 Å². The Morgan fingerprint density at radius 2 is 2.32 bits per heavy atom. The van der Waals surface area contributed by atoms with Crippen molar-refractivity contribution in [2.45, 2.75) is 24.9 Å². The fraction of sp³-hybridized carbons (Fsp3) is 0.500. The number of H-pyrrole nitrogens is 1. The Bertz CT molecular complexity index is 596. The molecule has 0 radical (unpaired) electrons. The highest BCUT2D eigenvalue weighted by Crippen LogP contribution is 2.26. The van der Waals surface area contributed by atoms with Crippen LogP contribution in [-0.2, 0) is 4.74 Å². The van der Waals surface area contributed by atoms with Crippen molar-refractivity contribution in [3.8, 4) is 0 Å². The molecular weight excluding hydrogens is 278 g/mol. The van der Waals surface area contributed by atoms with E-state index in [1.54, 1.807) is 0 Å². The lowest BCUT2D eigenvalue weighted by Crippen LogP contribution is -2.36. The molecule has 2 heterocycles. The van der Waals surface area contributed by atoms with Gasteiger partial charge in [0.15, 0.2) is 6.23 Å². The highest BCUT2D eigenvalue weighted by molar-refractivity contribution is 6.27. The first kappa shape index (κ1) is 13.9. The topological polar surface area (TPSA) is 117 Å². The first-order valence-corrected chi connectivity index (χ1v) is 5.94. The summed E-state index contributed by atoms with van der Waals surface area (Å²) >= 11 is 5.36. The Morgan fingerprint density at radius 3 is 2.89 bits per heavy atom. The minimum Gasteiger partial charge on any atom is -0.394 e. The van der Waals surface area contributed by atoms with Gasteiger partial charge in [0.1, 0.15) is 11.8 Å². The SMILES string of the molecule is O=c1[nH]c(=O)n([C@H]2C[C@H](O)[C@@H](CO)O2)nc1/C=C/Cl. The molecule has 8 nitrogen and oxygen atoms in total. The van der Waals surface area contributed by atoms with Gasteiger partial charge in [0.05, 0.1) is 12.7 Å². The summed E-state index contributed by atoms with van der Waals surface area (Å²) < 4.78 is 6.19. The number of halogens is 1. The van der Waals surface area contributed by atoms with Gasteiger partial charge in [0.2, 0.25) is 0 Å². The Balaban J connectivity index is 2.38. The lowest BCUT2D eigenvalue weighted by molar-refractivity contribution is -0.0507. The molecule has 9 heteroatoms. The standard InChI is InChI=1S/C10H12ClN3O5/c11-2-1-5-9(17)12-10(18)14(13-5)8-3-6(16)7(4-15)19-8/h1-2,6-8,15-16H,3-4H2,(H,12,17,18)/b2-1+/t6-,7+,8+/m0/s1. The predicted octanol–water partition coefficient (Wildman–Crippen LogP) is -1.22. The highest BCUT2D eigenvalue weighted by atomic mass is 35.5. The minimum atomic E-state index is -0.900. The van der Waals surface area contributed by atoms with Crippen LogP contribution in [0.4, 0.5) is 0 Å². The average Bonchev–Trinajstić information content (AvgIpc) is 2.74. The Morgan fingerprint density at radius 1 is 1.58 bits per heavy atom. The van der Waals surface area contributed by atoms with Gasteiger partial charge in [-0.3, -0.25) is 9.78 Å². The van der Waals surface area contributed by atoms with Crippen LogP contribution >= 0.6 is 11.6 Å². The van der Waals surface area contributed by atoms with Crippen LogP contribution in [0.1, 0.15) is 18.3 Å². The van der Waals surface area contributed by atoms with Crippen molar-refractivity contribution in [2.75, 3.05) is 6.61 Å². The normalized spacial score (nSPS) is 27.2. The van der Waals surface area contributed by atoms with Gasteiger partial charge in [0, 0.05) is 12.0 Å². The molecule has 104 valence electrons. The number of hydrogen-bond acceptors (Lipinski definition) is 6. The summed E-state index contributed by atoms with van der Waals surface area (Å²) in [6, 6.07) is 0. The van der Waals surface area contributed by atoms with E-state index >= 15 is 0 Å². The molecule has 1 aromatic rings. The van der Waals surface area contributed by atoms with Crippen molar-refractivity contribution in [3.05, 3.63) is 32.1 Å². The van der Waals surface area contributed by atoms with E-state index in [1.807, 2.05) is 0 Å². The van der Waals surface area contributed by atoms with E-state index in [-0.39, 0.29) is 18.7 Å². The molecule has 0 unspecified atom stereocenters. The number of ether oxygens (including phenoxy) is 1. The molecular formula is C10H12ClN3O5. The minimum absolute atomic E-state index is 0.0554. The first-order valence-electron chi connectivity index (χ1n) is 5.51. The molecule has 0 aromatic carbocycles. The maximum atomic E-state index is 11.6. The van der Waals surface area contributed by atoms with Crippen molar-refractivity contribution in [2.24, 2.45) is 0 Å². The number of aliphatic hydroxyl groups is 2. The number of hydrogen-bond donors (Lipinski definition) is 3. The van der Waals surface area contributed by atoms with E-state index in [0.29, 0.717) is 0 Å². The van der Waals surface area contributed by atoms with E-state index in [0.717, 1.165) is 10.2 Å². The van der Waals surface area contributed by atoms with Crippen LogP contribution in [-0.4, -0.2) is 43.8 Å². The van der Waals surface area contributed by atoms with Crippen molar-refractivity contribution in [3.63, 3.8) is 0 Å². The summed E-state index contributed by atoms with van der Waals surface area (Å²) in [5, 5.41) is 22.4. The van der Waals surface area contributed by atoms with Crippen LogP contribution in [0.15, 0.2) is 15.1 Å². The number of aromatic amines is 1. The van der Waals surface area contributed by atoms with Crippen LogP contribution in [0.25, 0.3) is 6.08 Å². The van der Waals surface area contributed by atoms with Gasteiger partial charge in [-0.1, -0.05) is 11.6 Å². The summed E-state index contributed by atoms with van der Waals surface area (Å²) in [6.07, 6.45) is -1.21. The van der Waals surface area contributed by atoms with Crippen molar-refractivity contribution >= 4 is 17.7 Å². The third-order valence-electron chi connectivity index (χ3n) is 2.75. The average molecular weight is 290 g/mol. The summed E-state index contributed by atoms with van der Waals surface area (Å²) in [6.45, 7) is -0.371. The second-order valence-corrected chi connectivity index (χ2v) is 4.25. The second kappa shape index (κ2) is 5.66. The number of nitrogens with one attached hydrogen (secondary N) is 1. The van der Waals surface area contributed by atoms with Gasteiger partial charge in [-0.05, 0) is 6.08 Å². The molecule has 0 aliphatic carbocycles. The van der Waals surface area contributed by atoms with Gasteiger partial charge in [-0.2, -0.15) is 9.78 Å². The molecule has 0 bridgehead atoms. The molecule has 2 rings (SSSR count). The van der Waals surface area contributed by atoms with Crippen molar-refractivity contribution < 1.29 is 14.9 Å². The van der Waals surface area contributed by atoms with E-state index < -0.39 is 29.7 Å². The fourth-order valence-corrected chi connectivity index (χ4v) is 1.94. The third kappa shape index (κ3) is 2.76. The van der Waals surface area contributed by atoms with Crippen molar-refractivity contribution in [1.82, 2.24) is 14.8 Å². The van der Waals surface area contributed by atoms with Crippen LogP contribution in [0.2, 0.25) is 0 Å². The van der Waals surface area contributed by atoms with Crippen molar-refractivity contribution in [1.29, 1.82) is 0 Å². The Kier molecular flexibility index (Phi) is 4.15. The van der Waals surface area contributed by atoms with Crippen LogP contribution in [0.5, 0.6) is 0 Å². The number of nitrogens with zero attached hydrogens (tertiary/aromatic N) is 2. The Labute approximate surface area is 111 Å². The molecule has 3 N–H and O–H groups in total. The molecule has 1 aliphatic heterocycles. The zero-order chi connectivity index (χ0) is 14.0. The zero-order valence-electron chi connectivity index (χ0n) is 9.69. The van der Waals surface area contributed by atoms with E-state index in [4.69, 9.17) is 21.4 Å². The van der Waals surface area contributed by atoms with E-state index in [9.17, 15) is 14.7 Å². The highest BCUT2D eigenvalue weighted by Gasteiger charge is 2.35. The number of rotatable bonds is 3. The van der Waals surface area contributed by atoms with Gasteiger partial charge in [0.25, 0.3) is 5.56 Å². The number of aliphatic hydroxyl groups excluding tert-OH is 2. The monoisotopic (exact) mass is 289 g/mol. The molecule has 0 saturated carbocycles. The summed E-state index contributed by atoms with van der Waals surface area (Å²) in [5.41, 5.74) is -0.393. The first-order chi connectivity index (χ1) is 9.06. The molecule has 1 aliphatic rings. The molecule has 1 saturated heterocycles. The summed E-state index contributed by atoms with van der Waals surface area (Å²) in [7, 11) is 0. The number of aromatic nitrogens is 3. The van der Waals surface area contributed by atoms with E-state index in [1.165, 1.54) is 6.08 Å². The van der Waals surface area contributed by atoms with Gasteiger partial charge in [-0.15, -0.1) is 0 Å². The molecule has 0 amide bonds. The molecule has 1 fully saturated rings. The second-order valence-electron chi connectivity index (χ2n) is 4.00. The third-order valence-corrected chi connectivity index (χ3v) is 2.88. The molecule has 1 aromatic heterocycles. The smallest absolute Gasteiger partial charge is 0.347 e. The maximum Gasteiger partial charge on any atom is 0.347 e. The summed E-state index contributed by atoms with van der Waals surface area (Å²) in [5.74, 6) is 0. The van der Waals surface area contributed by atoms with Crippen LogP contribution < -0.4 is 11.2 Å². The van der Waals surface area contributed by atoms with E-state index in [2.05, 4.69) is 10.1 Å². The van der Waals surface area contributed by atoms with Gasteiger partial charge in [-0.25, -0.2) is 4.79 Å². The Hall–Kier alpha value is -1.48. The van der Waals surface area contributed by atoms with Gasteiger partial charge < -0.3 is 14.9 Å². The summed E-state index contributed by atoms with van der Waals surface area (Å²) in [4.78, 5) is 25.1. The predicted molar refractivity (Wildman–Crippen MR) is 65.6 cm³/mol. The quantitative estimate of drug-likeness (QED) is 0.642. The maximum absolute atomic E-state index is 11.6. The molecule has 0 spiro atoms. The molecule has 19 heavy (non-hydrogen) atoms. The molecule has 3 atom stereocenters. The lowest BCUT2D eigenvalue weighted by atomic mass is 10.2. The van der Waals surface area contributed by atoms with Crippen LogP contribution in [0, 0.1) is 0 Å². The largest absolute Gasteiger partial charge is 0.394 e. The fourth-order valence-electron chi connectivity index (χ4n) is 1.82.